The highest BCUT2D eigenvalue weighted by atomic mass is 16.2. The highest BCUT2D eigenvalue weighted by molar-refractivity contribution is 5.85. The highest BCUT2D eigenvalue weighted by Crippen LogP contribution is 2.53. The van der Waals surface area contributed by atoms with E-state index in [1.807, 2.05) is 0 Å². The average molecular weight is 270 g/mol. The van der Waals surface area contributed by atoms with Crippen LogP contribution < -0.4 is 0 Å². The Balaban J connectivity index is 1.55. The van der Waals surface area contributed by atoms with Gasteiger partial charge in [0.1, 0.15) is 0 Å². The maximum absolute atomic E-state index is 12.7. The third-order valence-electron chi connectivity index (χ3n) is 5.03. The van der Waals surface area contributed by atoms with Gasteiger partial charge < -0.3 is 9.80 Å². The zero-order valence-electron chi connectivity index (χ0n) is 11.6. The van der Waals surface area contributed by atoms with Crippen LogP contribution in [0.3, 0.4) is 0 Å². The van der Waals surface area contributed by atoms with Crippen molar-refractivity contribution in [1.29, 1.82) is 0 Å². The van der Waals surface area contributed by atoms with Crippen molar-refractivity contribution in [3.05, 3.63) is 35.4 Å². The van der Waals surface area contributed by atoms with E-state index in [4.69, 9.17) is 0 Å². The number of nitrogens with zero attached hydrogens (tertiary/aromatic N) is 2. The summed E-state index contributed by atoms with van der Waals surface area (Å²) in [5.41, 5.74) is 2.67. The van der Waals surface area contributed by atoms with Gasteiger partial charge in [-0.2, -0.15) is 0 Å². The molecule has 0 spiro atoms. The first-order valence-corrected chi connectivity index (χ1v) is 7.33. The Bertz CT molecular complexity index is 561. The molecule has 2 bridgehead atoms. The first-order valence-electron chi connectivity index (χ1n) is 7.33. The zero-order valence-corrected chi connectivity index (χ0v) is 11.6. The Hall–Kier alpha value is -1.84. The summed E-state index contributed by atoms with van der Waals surface area (Å²) >= 11 is 0. The maximum Gasteiger partial charge on any atom is 0.230 e. The molecule has 2 amide bonds. The molecule has 0 aliphatic carbocycles. The van der Waals surface area contributed by atoms with E-state index in [0.29, 0.717) is 13.1 Å². The number of likely N-dealkylation sites (tertiary alicyclic amines) is 1. The van der Waals surface area contributed by atoms with Gasteiger partial charge in [0.2, 0.25) is 11.8 Å². The van der Waals surface area contributed by atoms with Gasteiger partial charge in [0.25, 0.3) is 0 Å². The van der Waals surface area contributed by atoms with E-state index in [1.165, 1.54) is 11.1 Å². The van der Waals surface area contributed by atoms with Crippen LogP contribution in [-0.4, -0.2) is 34.7 Å². The second-order valence-corrected chi connectivity index (χ2v) is 6.10. The topological polar surface area (TPSA) is 40.6 Å². The monoisotopic (exact) mass is 270 g/mol. The quantitative estimate of drug-likeness (QED) is 0.782. The molecule has 4 rings (SSSR count). The van der Waals surface area contributed by atoms with Crippen molar-refractivity contribution in [2.75, 3.05) is 13.1 Å². The van der Waals surface area contributed by atoms with Crippen LogP contribution in [0.15, 0.2) is 24.3 Å². The molecule has 2 fully saturated rings. The van der Waals surface area contributed by atoms with Gasteiger partial charge >= 0.3 is 0 Å². The van der Waals surface area contributed by atoms with E-state index in [9.17, 15) is 9.59 Å². The van der Waals surface area contributed by atoms with E-state index in [0.717, 1.165) is 12.8 Å². The molecule has 4 nitrogen and oxygen atoms in total. The van der Waals surface area contributed by atoms with Gasteiger partial charge in [0.15, 0.2) is 0 Å². The van der Waals surface area contributed by atoms with E-state index in [1.54, 1.807) is 11.8 Å². The van der Waals surface area contributed by atoms with Crippen molar-refractivity contribution >= 4 is 11.8 Å². The van der Waals surface area contributed by atoms with Gasteiger partial charge in [0, 0.05) is 20.0 Å². The molecule has 0 radical (unpaired) electrons. The molecule has 1 aromatic carbocycles. The Morgan fingerprint density at radius 2 is 1.60 bits per heavy atom. The molecule has 2 unspecified atom stereocenters. The van der Waals surface area contributed by atoms with E-state index in [-0.39, 0.29) is 29.8 Å². The molecule has 3 aliphatic heterocycles. The molecule has 2 atom stereocenters. The van der Waals surface area contributed by atoms with Crippen LogP contribution in [0.2, 0.25) is 0 Å². The van der Waals surface area contributed by atoms with Crippen LogP contribution in [0.25, 0.3) is 0 Å². The summed E-state index contributed by atoms with van der Waals surface area (Å²) in [6.07, 6.45) is 2.16. The smallest absolute Gasteiger partial charge is 0.230 e. The fourth-order valence-corrected chi connectivity index (χ4v) is 3.95. The minimum Gasteiger partial charge on any atom is -0.341 e. The molecular weight excluding hydrogens is 252 g/mol. The first-order chi connectivity index (χ1) is 9.66. The molecule has 0 aromatic heterocycles. The SMILES string of the molecule is CC(=O)N1CC(C(=O)N2C3CCC2c2ccccc23)C1. The molecule has 2 saturated heterocycles. The number of carbonyl (C=O) groups excluding carboxylic acids is 2. The van der Waals surface area contributed by atoms with Crippen LogP contribution in [0.1, 0.15) is 43.0 Å². The van der Waals surface area contributed by atoms with Gasteiger partial charge in [-0.1, -0.05) is 24.3 Å². The van der Waals surface area contributed by atoms with Crippen molar-refractivity contribution in [3.63, 3.8) is 0 Å². The average Bonchev–Trinajstić information content (AvgIpc) is 2.93. The molecule has 1 aromatic rings. The number of amides is 2. The van der Waals surface area contributed by atoms with Gasteiger partial charge in [0.05, 0.1) is 18.0 Å². The lowest BCUT2D eigenvalue weighted by Crippen LogP contribution is -2.55. The minimum absolute atomic E-state index is 0.0105. The zero-order chi connectivity index (χ0) is 13.9. The van der Waals surface area contributed by atoms with Crippen LogP contribution >= 0.6 is 0 Å². The van der Waals surface area contributed by atoms with Crippen LogP contribution in [0.5, 0.6) is 0 Å². The second-order valence-electron chi connectivity index (χ2n) is 6.10. The summed E-state index contributed by atoms with van der Waals surface area (Å²) in [4.78, 5) is 27.8. The molecule has 3 aliphatic rings. The highest BCUT2D eigenvalue weighted by Gasteiger charge is 2.49. The van der Waals surface area contributed by atoms with Gasteiger partial charge in [-0.15, -0.1) is 0 Å². The molecule has 0 saturated carbocycles. The van der Waals surface area contributed by atoms with E-state index >= 15 is 0 Å². The predicted octanol–water partition coefficient (Wildman–Crippen LogP) is 1.88. The van der Waals surface area contributed by atoms with Crippen molar-refractivity contribution < 1.29 is 9.59 Å². The summed E-state index contributed by atoms with van der Waals surface area (Å²) in [5, 5.41) is 0. The first kappa shape index (κ1) is 11.9. The van der Waals surface area contributed by atoms with E-state index < -0.39 is 0 Å². The molecule has 0 N–H and O–H groups in total. The van der Waals surface area contributed by atoms with Gasteiger partial charge in [-0.3, -0.25) is 9.59 Å². The van der Waals surface area contributed by atoms with Crippen LogP contribution in [0, 0.1) is 5.92 Å². The lowest BCUT2D eigenvalue weighted by molar-refractivity contribution is -0.149. The Morgan fingerprint density at radius 1 is 1.05 bits per heavy atom. The molecule has 4 heteroatoms. The number of hydrogen-bond donors (Lipinski definition) is 0. The normalized spacial score (nSPS) is 27.4. The number of hydrogen-bond acceptors (Lipinski definition) is 2. The fourth-order valence-electron chi connectivity index (χ4n) is 3.95. The second kappa shape index (κ2) is 4.08. The van der Waals surface area contributed by atoms with Gasteiger partial charge in [-0.25, -0.2) is 0 Å². The Labute approximate surface area is 118 Å². The third kappa shape index (κ3) is 1.48. The standard InChI is InChI=1S/C16H18N2O2/c1-10(19)17-8-11(9-17)16(20)18-14-6-7-15(18)13-5-3-2-4-12(13)14/h2-5,11,14-15H,6-9H2,1H3. The lowest BCUT2D eigenvalue weighted by Gasteiger charge is -2.40. The fraction of sp³-hybridized carbons (Fsp3) is 0.500. The minimum atomic E-state index is 0.0105. The van der Waals surface area contributed by atoms with Crippen molar-refractivity contribution in [1.82, 2.24) is 9.80 Å². The third-order valence-corrected chi connectivity index (χ3v) is 5.03. The Kier molecular flexibility index (Phi) is 2.43. The lowest BCUT2D eigenvalue weighted by atomic mass is 9.92. The van der Waals surface area contributed by atoms with Crippen molar-refractivity contribution in [3.8, 4) is 0 Å². The Morgan fingerprint density at radius 3 is 2.10 bits per heavy atom. The molecule has 20 heavy (non-hydrogen) atoms. The summed E-state index contributed by atoms with van der Waals surface area (Å²) in [7, 11) is 0. The number of rotatable bonds is 1. The summed E-state index contributed by atoms with van der Waals surface area (Å²) in [6.45, 7) is 2.76. The molecular formula is C16H18N2O2. The number of carbonyl (C=O) groups is 2. The molecule has 3 heterocycles. The maximum atomic E-state index is 12.7. The largest absolute Gasteiger partial charge is 0.341 e. The predicted molar refractivity (Wildman–Crippen MR) is 73.7 cm³/mol. The van der Waals surface area contributed by atoms with Crippen LogP contribution in [-0.2, 0) is 9.59 Å². The summed E-state index contributed by atoms with van der Waals surface area (Å²) in [6, 6.07) is 8.97. The number of benzene rings is 1. The van der Waals surface area contributed by atoms with E-state index in [2.05, 4.69) is 29.2 Å². The van der Waals surface area contributed by atoms with Crippen molar-refractivity contribution in [2.45, 2.75) is 31.8 Å². The summed E-state index contributed by atoms with van der Waals surface area (Å²) in [5.74, 6) is 0.323. The van der Waals surface area contributed by atoms with Gasteiger partial charge in [-0.05, 0) is 24.0 Å². The van der Waals surface area contributed by atoms with Crippen molar-refractivity contribution in [2.24, 2.45) is 5.92 Å². The molecule has 104 valence electrons. The summed E-state index contributed by atoms with van der Waals surface area (Å²) < 4.78 is 0. The van der Waals surface area contributed by atoms with Crippen LogP contribution in [0.4, 0.5) is 0 Å². The number of fused-ring (bicyclic) bond motifs is 5.